The summed E-state index contributed by atoms with van der Waals surface area (Å²) >= 11 is 0. The van der Waals surface area contributed by atoms with Crippen LogP contribution < -0.4 is 83.6 Å². The smallest absolute Gasteiger partial charge is 0.311 e. The number of nitrogens with zero attached hydrogens (tertiary/aromatic N) is 8. The van der Waals surface area contributed by atoms with Crippen LogP contribution in [0.2, 0.25) is 0 Å². The molecule has 0 amide bonds. The minimum Gasteiger partial charge on any atom is -1.00 e. The summed E-state index contributed by atoms with van der Waals surface area (Å²) in [5, 5.41) is 0. The summed E-state index contributed by atoms with van der Waals surface area (Å²) in [7, 11) is 25.8. The molecule has 0 aliphatic heterocycles. The molecule has 0 radical (unpaired) electrons. The number of rotatable bonds is 30. The minimum atomic E-state index is -0.312. The van der Waals surface area contributed by atoms with Crippen molar-refractivity contribution < 1.29 is 126 Å². The number of carbonyl (C=O) groups is 2. The van der Waals surface area contributed by atoms with Crippen molar-refractivity contribution in [3.8, 4) is 12.3 Å². The van der Waals surface area contributed by atoms with Gasteiger partial charge in [0.2, 0.25) is 12.7 Å². The zero-order chi connectivity index (χ0) is 92.2. The molecule has 8 rings (SSSR count). The van der Waals surface area contributed by atoms with Gasteiger partial charge in [0.05, 0.1) is 141 Å². The van der Waals surface area contributed by atoms with E-state index in [2.05, 4.69) is 439 Å². The lowest BCUT2D eigenvalue weighted by molar-refractivity contribution is -0.901. The molecule has 127 heavy (non-hydrogen) atoms. The number of hydrogen-bond donors (Lipinski definition) is 0. The number of halogens is 6. The van der Waals surface area contributed by atoms with Crippen molar-refractivity contribution in [2.24, 2.45) is 18.4 Å². The van der Waals surface area contributed by atoms with Gasteiger partial charge >= 0.3 is 11.9 Å². The molecule has 7 atom stereocenters. The van der Waals surface area contributed by atoms with Gasteiger partial charge in [-0.1, -0.05) is 299 Å². The van der Waals surface area contributed by atoms with Gasteiger partial charge in [0.25, 0.3) is 0 Å². The fourth-order valence-corrected chi connectivity index (χ4v) is 9.52. The number of benzene rings is 6. The molecule has 732 valence electrons. The van der Waals surface area contributed by atoms with E-state index in [1.165, 1.54) is 91.5 Å². The molecule has 6 aromatic carbocycles. The van der Waals surface area contributed by atoms with E-state index in [0.29, 0.717) is 49.0 Å². The molecule has 19 heteroatoms. The molecule has 0 fully saturated rings. The predicted molar refractivity (Wildman–Crippen MR) is 527 cm³/mol. The second-order valence-electron chi connectivity index (χ2n) is 36.3. The first-order valence-corrected chi connectivity index (χ1v) is 45.9. The monoisotopic (exact) mass is 1890 g/mol. The van der Waals surface area contributed by atoms with Crippen LogP contribution in [0.5, 0.6) is 0 Å². The van der Waals surface area contributed by atoms with Gasteiger partial charge in [0.15, 0.2) is 0 Å². The number of esters is 2. The van der Waals surface area contributed by atoms with Crippen molar-refractivity contribution in [3.05, 3.63) is 253 Å². The molecule has 0 saturated carbocycles. The molecule has 0 spiro atoms. The largest absolute Gasteiger partial charge is 1.00 e. The Hall–Kier alpha value is -6.22. The maximum absolute atomic E-state index is 11.3. The summed E-state index contributed by atoms with van der Waals surface area (Å²) in [4.78, 5) is 22.4. The third-order valence-corrected chi connectivity index (χ3v) is 21.5. The summed E-state index contributed by atoms with van der Waals surface area (Å²) < 4.78 is 22.9. The lowest BCUT2D eigenvalue weighted by Crippen LogP contribution is -3.00. The normalized spacial score (nSPS) is 11.7. The lowest BCUT2D eigenvalue weighted by Gasteiger charge is -2.28. The van der Waals surface area contributed by atoms with Crippen LogP contribution in [-0.2, 0) is 39.2 Å². The number of terminal acetylenes is 1. The topological polar surface area (TPSA) is 102 Å². The van der Waals surface area contributed by atoms with Gasteiger partial charge in [0.1, 0.15) is 44.4 Å². The minimum absolute atomic E-state index is 0. The van der Waals surface area contributed by atoms with Crippen molar-refractivity contribution >= 4 is 11.9 Å². The molecule has 0 aliphatic rings. The Kier molecular flexibility index (Phi) is 97.9. The first-order chi connectivity index (χ1) is 56.5. The van der Waals surface area contributed by atoms with Crippen LogP contribution >= 0.6 is 0 Å². The summed E-state index contributed by atoms with van der Waals surface area (Å²) in [6, 6.07) is 64.9. The van der Waals surface area contributed by atoms with Crippen LogP contribution in [0.25, 0.3) is 0 Å². The van der Waals surface area contributed by atoms with Crippen molar-refractivity contribution in [2.45, 2.75) is 278 Å². The molecule has 0 aliphatic carbocycles. The fourth-order valence-electron chi connectivity index (χ4n) is 9.52. The SMILES string of the molecule is C#CC[N+](C)(C)C.CCC(C)c1ccccc1.CCC(C)c1ccccc1.CCC(C)c1ccccc1.CCC(C)c1ccccc1.CCC(C)n1cc[n+](C)c1.CCC(C)n1cc[n+](Cc2ccccc2)c1.CCCCOC(=O)C(C)(C)CC.CCCCOC(=O)C(C)CC.CC[N+](C)(C)C.CC[N+](C)(C)C.CC[N+](C)(C)Cc1ccccc1.O.[Cl-].[Cl-].[Cl-].[Cl-].[Cl-].[Cl-]. The number of aromatic nitrogens is 4. The fraction of sp³-hybridized carbons (Fsp3) is 0.574. The first kappa shape index (κ1) is 144. The standard InChI is InChI=1S/C14H19N2.C11H18N.C10H20O2.4C10H14.C9H18O2.C8H15N2.C6H12N.2C5H14N.6ClH.H2O/c1-3-13(2)16-10-9-15(12-16)11-14-7-5-4-6-8-14;1-4-12(2,3)10-11-8-6-5-7-9-11;1-5-7-8-12-9(11)10(3,4)6-2;4*1-3-9(2)10-7-5-4-6-8-10;1-4-6-7-11-9(10)8(3)5-2;1-4-8(2)10-6-5-9(3)7-10;1-5-6-7(2,3)4;2*1-5-6(2,3)4;;;;;;;/h4-10,12-13H,3,11H2,1-2H3;5-9H,4,10H2,1-3H3;5-8H2,1-4H3;4*4-9H,3H2,1-2H3;8H,4-7H2,1-3H3;5-8H,4H2,1-3H3;1H,6H2,2-4H3;2*5H2,1-4H3;6*1H;1H2/q2*+1;;;;;;;4*+1;;;;;;;/p-6. The summed E-state index contributed by atoms with van der Waals surface area (Å²) in [6.07, 6.45) is 30.8. The van der Waals surface area contributed by atoms with Crippen LogP contribution in [0.1, 0.15) is 299 Å². The Bertz CT molecular complexity index is 3490. The highest BCUT2D eigenvalue weighted by Gasteiger charge is 2.27. The van der Waals surface area contributed by atoms with Crippen LogP contribution in [0.4, 0.5) is 0 Å². The summed E-state index contributed by atoms with van der Waals surface area (Å²) in [6.45, 7) is 54.9. The van der Waals surface area contributed by atoms with Crippen LogP contribution in [0, 0.1) is 23.7 Å². The second-order valence-corrected chi connectivity index (χ2v) is 36.3. The number of ether oxygens (including phenoxy) is 2. The molecule has 7 unspecified atom stereocenters. The first-order valence-electron chi connectivity index (χ1n) is 45.9. The Balaban J connectivity index is -0.000000129. The zero-order valence-corrected chi connectivity index (χ0v) is 91.1. The number of hydrogen-bond acceptors (Lipinski definition) is 4. The van der Waals surface area contributed by atoms with E-state index >= 15 is 0 Å². The molecular formula is C108H188Cl6N8O5. The van der Waals surface area contributed by atoms with Crippen molar-refractivity contribution in [1.82, 2.24) is 9.13 Å². The second kappa shape index (κ2) is 86.5. The van der Waals surface area contributed by atoms with Gasteiger partial charge in [-0.25, -0.2) is 18.3 Å². The highest BCUT2D eigenvalue weighted by atomic mass is 35.5. The maximum atomic E-state index is 11.3. The molecule has 8 aromatic rings. The number of aryl methyl sites for hydroxylation is 1. The molecule has 2 N–H and O–H groups in total. The van der Waals surface area contributed by atoms with Gasteiger partial charge in [0, 0.05) is 5.56 Å². The van der Waals surface area contributed by atoms with Crippen molar-refractivity contribution in [2.75, 3.05) is 117 Å². The molecule has 0 saturated heterocycles. The molecule has 2 heterocycles. The predicted octanol–water partition coefficient (Wildman–Crippen LogP) is 7.25. The molecule has 0 bridgehead atoms. The molecule has 13 nitrogen and oxygen atoms in total. The van der Waals surface area contributed by atoms with Crippen molar-refractivity contribution in [1.29, 1.82) is 0 Å². The Labute approximate surface area is 820 Å². The Morgan fingerprint density at radius 2 is 0.709 bits per heavy atom. The van der Waals surface area contributed by atoms with Gasteiger partial charge in [-0.2, -0.15) is 0 Å². The summed E-state index contributed by atoms with van der Waals surface area (Å²) in [5.74, 6) is 5.35. The maximum Gasteiger partial charge on any atom is 0.311 e. The van der Waals surface area contributed by atoms with Crippen LogP contribution in [-0.4, -0.2) is 161 Å². The van der Waals surface area contributed by atoms with E-state index in [0.717, 1.165) is 76.1 Å². The highest BCUT2D eigenvalue weighted by Crippen LogP contribution is 2.23. The molecular weight excluding hydrogens is 1700 g/mol. The van der Waals surface area contributed by atoms with E-state index in [-0.39, 0.29) is 103 Å². The third-order valence-electron chi connectivity index (χ3n) is 21.5. The molecule has 2 aromatic heterocycles. The number of carbonyl (C=O) groups excluding carboxylic acids is 2. The van der Waals surface area contributed by atoms with E-state index in [9.17, 15) is 9.59 Å². The van der Waals surface area contributed by atoms with Gasteiger partial charge < -0.3 is 107 Å². The number of quaternary nitrogens is 4. The highest BCUT2D eigenvalue weighted by molar-refractivity contribution is 5.75. The van der Waals surface area contributed by atoms with E-state index in [1.807, 2.05) is 41.7 Å². The average Bonchev–Trinajstić information content (AvgIpc) is 1.70. The Morgan fingerprint density at radius 3 is 0.953 bits per heavy atom. The van der Waals surface area contributed by atoms with E-state index in [1.54, 1.807) is 0 Å². The van der Waals surface area contributed by atoms with Crippen LogP contribution in [0.15, 0.2) is 219 Å². The van der Waals surface area contributed by atoms with Gasteiger partial charge in [-0.15, -0.1) is 6.42 Å². The average molecular weight is 1890 g/mol. The lowest BCUT2D eigenvalue weighted by atomic mass is 9.91. The number of imidazole rings is 2. The number of unbranched alkanes of at least 4 members (excludes halogenated alkanes) is 2. The van der Waals surface area contributed by atoms with Gasteiger partial charge in [-0.3, -0.25) is 9.59 Å². The zero-order valence-electron chi connectivity index (χ0n) is 86.5. The van der Waals surface area contributed by atoms with E-state index in [4.69, 9.17) is 15.9 Å². The summed E-state index contributed by atoms with van der Waals surface area (Å²) in [5.41, 5.74) is 8.25. The van der Waals surface area contributed by atoms with Crippen molar-refractivity contribution in [3.63, 3.8) is 0 Å². The van der Waals surface area contributed by atoms with E-state index < -0.39 is 0 Å². The van der Waals surface area contributed by atoms with Gasteiger partial charge in [-0.05, 0) is 170 Å². The van der Waals surface area contributed by atoms with Crippen LogP contribution in [0.3, 0.4) is 0 Å². The third kappa shape index (κ3) is 81.5. The quantitative estimate of drug-likeness (QED) is 0.0156. The Morgan fingerprint density at radius 1 is 0.409 bits per heavy atom.